The van der Waals surface area contributed by atoms with Gasteiger partial charge in [-0.2, -0.15) is 5.10 Å². The van der Waals surface area contributed by atoms with Crippen molar-refractivity contribution in [3.05, 3.63) is 45.2 Å². The molecule has 0 saturated carbocycles. The fourth-order valence-electron chi connectivity index (χ4n) is 1.82. The fourth-order valence-corrected chi connectivity index (χ4v) is 2.07. The first-order valence-corrected chi connectivity index (χ1v) is 6.29. The Kier molecular flexibility index (Phi) is 4.25. The Morgan fingerprint density at radius 2 is 2.14 bits per heavy atom. The third-order valence-electron chi connectivity index (χ3n) is 2.89. The van der Waals surface area contributed by atoms with Gasteiger partial charge in [-0.15, -0.1) is 0 Å². The summed E-state index contributed by atoms with van der Waals surface area (Å²) in [6.07, 6.45) is 0. The number of carbonyl (C=O) groups is 1. The highest BCUT2D eigenvalue weighted by atomic mass is 35.5. The van der Waals surface area contributed by atoms with Crippen LogP contribution in [0.4, 0.5) is 0 Å². The molecule has 0 bridgehead atoms. The molecule has 8 heteroatoms. The van der Waals surface area contributed by atoms with E-state index >= 15 is 0 Å². The number of nitrogens with two attached hydrogens (primary N) is 1. The van der Waals surface area contributed by atoms with Crippen LogP contribution in [0.3, 0.4) is 0 Å². The predicted octanol–water partition coefficient (Wildman–Crippen LogP) is 0.713. The Labute approximate surface area is 125 Å². The van der Waals surface area contributed by atoms with Crippen LogP contribution in [0.15, 0.2) is 29.1 Å². The van der Waals surface area contributed by atoms with Crippen LogP contribution < -0.4 is 21.6 Å². The highest BCUT2D eigenvalue weighted by Gasteiger charge is 2.14. The first-order valence-electron chi connectivity index (χ1n) is 5.91. The zero-order valence-corrected chi connectivity index (χ0v) is 12.1. The number of aryl methyl sites for hydroxylation is 1. The molecule has 0 atom stereocenters. The van der Waals surface area contributed by atoms with Crippen molar-refractivity contribution < 1.29 is 9.53 Å². The lowest BCUT2D eigenvalue weighted by molar-refractivity contribution is 0.0951. The molecule has 110 valence electrons. The summed E-state index contributed by atoms with van der Waals surface area (Å²) >= 11 is 6.06. The number of nitrogen functional groups attached to an aromatic ring is 1. The molecule has 0 unspecified atom stereocenters. The average molecular weight is 309 g/mol. The summed E-state index contributed by atoms with van der Waals surface area (Å²) in [5, 5.41) is 4.50. The second-order valence-electron chi connectivity index (χ2n) is 4.19. The Bertz CT molecular complexity index is 758. The summed E-state index contributed by atoms with van der Waals surface area (Å²) in [4.78, 5) is 23.5. The number of aromatic nitrogens is 2. The molecule has 0 radical (unpaired) electrons. The van der Waals surface area contributed by atoms with Gasteiger partial charge in [0.1, 0.15) is 11.3 Å². The first kappa shape index (κ1) is 15.0. The molecule has 1 aromatic heterocycles. The molecule has 7 nitrogen and oxygen atoms in total. The Morgan fingerprint density at radius 3 is 2.71 bits per heavy atom. The second-order valence-corrected chi connectivity index (χ2v) is 4.60. The molecular formula is C13H13ClN4O3. The van der Waals surface area contributed by atoms with Gasteiger partial charge in [-0.05, 0) is 24.3 Å². The number of hydrogen-bond donors (Lipinski definition) is 2. The fraction of sp³-hybridized carbons (Fsp3) is 0.154. The van der Waals surface area contributed by atoms with Crippen molar-refractivity contribution in [3.63, 3.8) is 0 Å². The third-order valence-corrected chi connectivity index (χ3v) is 3.18. The van der Waals surface area contributed by atoms with Crippen molar-refractivity contribution in [2.75, 3.05) is 7.11 Å². The molecular weight excluding hydrogens is 296 g/mol. The van der Waals surface area contributed by atoms with Crippen molar-refractivity contribution in [3.8, 4) is 17.0 Å². The van der Waals surface area contributed by atoms with E-state index in [9.17, 15) is 9.59 Å². The number of halogens is 1. The van der Waals surface area contributed by atoms with Crippen LogP contribution in [-0.4, -0.2) is 22.8 Å². The van der Waals surface area contributed by atoms with Gasteiger partial charge in [-0.3, -0.25) is 15.0 Å². The van der Waals surface area contributed by atoms with Gasteiger partial charge >= 0.3 is 0 Å². The minimum absolute atomic E-state index is 0.100. The zero-order chi connectivity index (χ0) is 15.6. The molecule has 0 aliphatic rings. The van der Waals surface area contributed by atoms with Crippen LogP contribution in [0.2, 0.25) is 5.02 Å². The van der Waals surface area contributed by atoms with Gasteiger partial charge in [0, 0.05) is 12.6 Å². The lowest BCUT2D eigenvalue weighted by Gasteiger charge is -2.08. The Balaban J connectivity index is 2.59. The van der Waals surface area contributed by atoms with E-state index < -0.39 is 11.5 Å². The maximum absolute atomic E-state index is 11.9. The lowest BCUT2D eigenvalue weighted by Crippen LogP contribution is -2.36. The topological polar surface area (TPSA) is 99.2 Å². The molecule has 2 rings (SSSR count). The highest BCUT2D eigenvalue weighted by Crippen LogP contribution is 2.29. The van der Waals surface area contributed by atoms with Gasteiger partial charge in [0.15, 0.2) is 0 Å². The van der Waals surface area contributed by atoms with Gasteiger partial charge in [0.05, 0.1) is 17.8 Å². The van der Waals surface area contributed by atoms with E-state index in [2.05, 4.69) is 5.10 Å². The number of nitrogens with zero attached hydrogens (tertiary/aromatic N) is 2. The third kappa shape index (κ3) is 2.88. The molecule has 0 aliphatic carbocycles. The first-order chi connectivity index (χ1) is 9.97. The quantitative estimate of drug-likeness (QED) is 0.494. The summed E-state index contributed by atoms with van der Waals surface area (Å²) in [5.74, 6) is 4.91. The van der Waals surface area contributed by atoms with Crippen LogP contribution in [0.1, 0.15) is 10.4 Å². The molecule has 0 aliphatic heterocycles. The van der Waals surface area contributed by atoms with Crippen LogP contribution in [0.25, 0.3) is 11.3 Å². The summed E-state index contributed by atoms with van der Waals surface area (Å²) in [6, 6.07) is 6.40. The minimum atomic E-state index is -0.682. The monoisotopic (exact) mass is 308 g/mol. The van der Waals surface area contributed by atoms with Crippen molar-refractivity contribution in [2.45, 2.75) is 0 Å². The molecule has 0 saturated heterocycles. The van der Waals surface area contributed by atoms with Crippen LogP contribution in [-0.2, 0) is 7.05 Å². The van der Waals surface area contributed by atoms with Crippen molar-refractivity contribution in [1.29, 1.82) is 0 Å². The van der Waals surface area contributed by atoms with E-state index in [0.29, 0.717) is 22.0 Å². The smallest absolute Gasteiger partial charge is 0.279 e. The van der Waals surface area contributed by atoms with Crippen LogP contribution >= 0.6 is 11.6 Å². The highest BCUT2D eigenvalue weighted by molar-refractivity contribution is 6.32. The summed E-state index contributed by atoms with van der Waals surface area (Å²) in [5.41, 5.74) is 2.35. The molecule has 21 heavy (non-hydrogen) atoms. The number of hydrazine groups is 1. The van der Waals surface area contributed by atoms with Gasteiger partial charge in [0.2, 0.25) is 0 Å². The Hall–Kier alpha value is -2.38. The molecule has 3 N–H and O–H groups in total. The lowest BCUT2D eigenvalue weighted by atomic mass is 10.1. The maximum atomic E-state index is 11.9. The number of hydrogen-bond acceptors (Lipinski definition) is 5. The van der Waals surface area contributed by atoms with Gasteiger partial charge in [0.25, 0.3) is 11.5 Å². The second kappa shape index (κ2) is 5.94. The normalized spacial score (nSPS) is 10.3. The van der Waals surface area contributed by atoms with E-state index in [4.69, 9.17) is 22.2 Å². The van der Waals surface area contributed by atoms with E-state index in [1.54, 1.807) is 18.2 Å². The zero-order valence-electron chi connectivity index (χ0n) is 11.4. The molecule has 1 amide bonds. The number of rotatable bonds is 3. The SMILES string of the molecule is COc1ccc(-c2cc(C(=O)NN)c(=O)n(C)n2)cc1Cl. The Morgan fingerprint density at radius 1 is 1.43 bits per heavy atom. The number of benzene rings is 1. The minimum Gasteiger partial charge on any atom is -0.495 e. The van der Waals surface area contributed by atoms with Crippen LogP contribution in [0.5, 0.6) is 5.75 Å². The maximum Gasteiger partial charge on any atom is 0.279 e. The predicted molar refractivity (Wildman–Crippen MR) is 78.1 cm³/mol. The number of nitrogens with one attached hydrogen (secondary N) is 1. The van der Waals surface area contributed by atoms with E-state index in [1.807, 2.05) is 5.43 Å². The average Bonchev–Trinajstić information content (AvgIpc) is 2.49. The van der Waals surface area contributed by atoms with Gasteiger partial charge in [-0.25, -0.2) is 10.5 Å². The molecule has 1 aromatic carbocycles. The number of amides is 1. The van der Waals surface area contributed by atoms with E-state index in [-0.39, 0.29) is 5.56 Å². The summed E-state index contributed by atoms with van der Waals surface area (Å²) in [6.45, 7) is 0. The molecule has 1 heterocycles. The van der Waals surface area contributed by atoms with Gasteiger partial charge in [-0.1, -0.05) is 11.6 Å². The molecule has 0 spiro atoms. The number of carbonyl (C=O) groups excluding carboxylic acids is 1. The van der Waals surface area contributed by atoms with Crippen molar-refractivity contribution >= 4 is 17.5 Å². The van der Waals surface area contributed by atoms with Gasteiger partial charge < -0.3 is 4.74 Å². The van der Waals surface area contributed by atoms with E-state index in [0.717, 1.165) is 4.68 Å². The number of ether oxygens (including phenoxy) is 1. The standard InChI is InChI=1S/C13H13ClN4O3/c1-18-13(20)8(12(19)16-15)6-10(17-18)7-3-4-11(21-2)9(14)5-7/h3-6H,15H2,1-2H3,(H,16,19). The molecule has 2 aromatic rings. The van der Waals surface area contributed by atoms with Crippen LogP contribution in [0, 0.1) is 0 Å². The number of methoxy groups -OCH3 is 1. The van der Waals surface area contributed by atoms with E-state index in [1.165, 1.54) is 20.2 Å². The molecule has 0 fully saturated rings. The summed E-state index contributed by atoms with van der Waals surface area (Å²) < 4.78 is 6.14. The summed E-state index contributed by atoms with van der Waals surface area (Å²) in [7, 11) is 2.96. The largest absolute Gasteiger partial charge is 0.495 e. The van der Waals surface area contributed by atoms with Crippen molar-refractivity contribution in [2.24, 2.45) is 12.9 Å². The van der Waals surface area contributed by atoms with Crippen molar-refractivity contribution in [1.82, 2.24) is 15.2 Å².